The number of fused-ring (bicyclic) bond motifs is 1. The normalized spacial score (nSPS) is 10.8. The Morgan fingerprint density at radius 2 is 1.77 bits per heavy atom. The maximum absolute atomic E-state index is 12.2. The van der Waals surface area contributed by atoms with Crippen molar-refractivity contribution in [3.05, 3.63) is 69.7 Å². The summed E-state index contributed by atoms with van der Waals surface area (Å²) in [6, 6.07) is 11.8. The molecule has 134 valence electrons. The van der Waals surface area contributed by atoms with Crippen LogP contribution in [-0.4, -0.2) is 22.9 Å². The molecule has 0 saturated heterocycles. The standard InChI is InChI=1S/C20H19NO5/c1-3-10-25-19(23)15-6-4-14(5-7-15)12-21-17-9-8-16(13(2)22)11-18(17)26-20(21)24/h4-9,11H,3,10,12H2,1-2H3. The lowest BCUT2D eigenvalue weighted by atomic mass is 10.1. The number of nitrogens with zero attached hydrogens (tertiary/aromatic N) is 1. The number of carbonyl (C=O) groups is 2. The first-order valence-corrected chi connectivity index (χ1v) is 8.40. The minimum absolute atomic E-state index is 0.0900. The van der Waals surface area contributed by atoms with Gasteiger partial charge < -0.3 is 9.15 Å². The molecule has 6 nitrogen and oxygen atoms in total. The molecule has 2 aromatic carbocycles. The number of hydrogen-bond acceptors (Lipinski definition) is 5. The first kappa shape index (κ1) is 17.7. The van der Waals surface area contributed by atoms with Crippen molar-refractivity contribution in [2.45, 2.75) is 26.8 Å². The molecule has 6 heteroatoms. The number of oxazole rings is 1. The molecule has 0 aliphatic rings. The summed E-state index contributed by atoms with van der Waals surface area (Å²) < 4.78 is 11.8. The van der Waals surface area contributed by atoms with Gasteiger partial charge >= 0.3 is 11.7 Å². The van der Waals surface area contributed by atoms with E-state index in [1.807, 2.05) is 6.92 Å². The number of ketones is 1. The number of ether oxygens (including phenoxy) is 1. The van der Waals surface area contributed by atoms with Crippen molar-refractivity contribution in [1.82, 2.24) is 4.57 Å². The number of Topliss-reactive ketones (excluding diaryl/α,β-unsaturated/α-hetero) is 1. The molecule has 0 fully saturated rings. The van der Waals surface area contributed by atoms with Crippen LogP contribution in [0.3, 0.4) is 0 Å². The van der Waals surface area contributed by atoms with Gasteiger partial charge in [0.2, 0.25) is 0 Å². The minimum Gasteiger partial charge on any atom is -0.462 e. The molecule has 0 radical (unpaired) electrons. The molecule has 1 aromatic heterocycles. The molecule has 0 atom stereocenters. The van der Waals surface area contributed by atoms with E-state index in [0.29, 0.717) is 35.4 Å². The first-order chi connectivity index (χ1) is 12.5. The molecule has 0 unspecified atom stereocenters. The van der Waals surface area contributed by atoms with Crippen LogP contribution in [0.25, 0.3) is 11.1 Å². The van der Waals surface area contributed by atoms with Gasteiger partial charge in [-0.2, -0.15) is 0 Å². The van der Waals surface area contributed by atoms with Crippen molar-refractivity contribution in [2.75, 3.05) is 6.61 Å². The third-order valence-corrected chi connectivity index (χ3v) is 4.04. The molecule has 0 amide bonds. The van der Waals surface area contributed by atoms with E-state index in [1.165, 1.54) is 11.5 Å². The number of carbonyl (C=O) groups excluding carboxylic acids is 2. The van der Waals surface area contributed by atoms with Gasteiger partial charge in [0, 0.05) is 5.56 Å². The highest BCUT2D eigenvalue weighted by molar-refractivity contribution is 5.96. The van der Waals surface area contributed by atoms with Crippen molar-refractivity contribution in [3.8, 4) is 0 Å². The van der Waals surface area contributed by atoms with Gasteiger partial charge in [-0.05, 0) is 49.2 Å². The van der Waals surface area contributed by atoms with E-state index in [4.69, 9.17) is 9.15 Å². The Hall–Kier alpha value is -3.15. The summed E-state index contributed by atoms with van der Waals surface area (Å²) in [5.41, 5.74) is 2.80. The van der Waals surface area contributed by atoms with Crippen molar-refractivity contribution < 1.29 is 18.7 Å². The van der Waals surface area contributed by atoms with Crippen LogP contribution in [0.4, 0.5) is 0 Å². The Morgan fingerprint density at radius 3 is 2.42 bits per heavy atom. The second-order valence-electron chi connectivity index (χ2n) is 6.03. The maximum Gasteiger partial charge on any atom is 0.420 e. The zero-order valence-corrected chi connectivity index (χ0v) is 14.7. The molecule has 3 aromatic rings. The molecule has 1 heterocycles. The van der Waals surface area contributed by atoms with E-state index in [-0.39, 0.29) is 11.8 Å². The third-order valence-electron chi connectivity index (χ3n) is 4.04. The Labute approximate surface area is 150 Å². The SMILES string of the molecule is CCCOC(=O)c1ccc(Cn2c(=O)oc3cc(C(C)=O)ccc32)cc1. The first-order valence-electron chi connectivity index (χ1n) is 8.40. The van der Waals surface area contributed by atoms with E-state index < -0.39 is 5.76 Å². The lowest BCUT2D eigenvalue weighted by Crippen LogP contribution is -2.15. The predicted octanol–water partition coefficient (Wildman–Crippen LogP) is 3.41. The van der Waals surface area contributed by atoms with Gasteiger partial charge in [-0.1, -0.05) is 19.1 Å². The summed E-state index contributed by atoms with van der Waals surface area (Å²) >= 11 is 0. The largest absolute Gasteiger partial charge is 0.462 e. The van der Waals surface area contributed by atoms with Gasteiger partial charge in [0.05, 0.1) is 24.2 Å². The molecule has 3 rings (SSSR count). The van der Waals surface area contributed by atoms with E-state index in [0.717, 1.165) is 12.0 Å². The van der Waals surface area contributed by atoms with E-state index >= 15 is 0 Å². The van der Waals surface area contributed by atoms with Crippen molar-refractivity contribution in [1.29, 1.82) is 0 Å². The van der Waals surface area contributed by atoms with Crippen molar-refractivity contribution in [3.63, 3.8) is 0 Å². The summed E-state index contributed by atoms with van der Waals surface area (Å²) in [6.45, 7) is 4.08. The van der Waals surface area contributed by atoms with Crippen LogP contribution in [0.1, 0.15) is 46.5 Å². The molecule has 0 aliphatic carbocycles. The Morgan fingerprint density at radius 1 is 1.08 bits per heavy atom. The van der Waals surface area contributed by atoms with Crippen LogP contribution in [-0.2, 0) is 11.3 Å². The van der Waals surface area contributed by atoms with Crippen LogP contribution < -0.4 is 5.76 Å². The Balaban J connectivity index is 1.85. The summed E-state index contributed by atoms with van der Waals surface area (Å²) in [5, 5.41) is 0. The monoisotopic (exact) mass is 353 g/mol. The van der Waals surface area contributed by atoms with Crippen LogP contribution in [0.15, 0.2) is 51.7 Å². The summed E-state index contributed by atoms with van der Waals surface area (Å²) in [4.78, 5) is 35.4. The van der Waals surface area contributed by atoms with Gasteiger partial charge in [-0.15, -0.1) is 0 Å². The average molecular weight is 353 g/mol. The van der Waals surface area contributed by atoms with E-state index in [2.05, 4.69) is 0 Å². The Kier molecular flexibility index (Phi) is 5.02. The lowest BCUT2D eigenvalue weighted by molar-refractivity contribution is 0.0505. The van der Waals surface area contributed by atoms with Crippen molar-refractivity contribution in [2.24, 2.45) is 0 Å². The maximum atomic E-state index is 12.2. The summed E-state index contributed by atoms with van der Waals surface area (Å²) in [5.74, 6) is -0.943. The quantitative estimate of drug-likeness (QED) is 0.501. The minimum atomic E-state index is -0.493. The second-order valence-corrected chi connectivity index (χ2v) is 6.03. The highest BCUT2D eigenvalue weighted by atomic mass is 16.5. The molecule has 0 saturated carbocycles. The molecular formula is C20H19NO5. The van der Waals surface area contributed by atoms with Crippen LogP contribution in [0, 0.1) is 0 Å². The predicted molar refractivity (Wildman–Crippen MR) is 96.6 cm³/mol. The average Bonchev–Trinajstić information content (AvgIpc) is 2.95. The highest BCUT2D eigenvalue weighted by Crippen LogP contribution is 2.17. The van der Waals surface area contributed by atoms with Gasteiger partial charge in [0.15, 0.2) is 11.4 Å². The van der Waals surface area contributed by atoms with Crippen LogP contribution in [0.2, 0.25) is 0 Å². The lowest BCUT2D eigenvalue weighted by Gasteiger charge is -2.06. The van der Waals surface area contributed by atoms with Crippen LogP contribution in [0.5, 0.6) is 0 Å². The van der Waals surface area contributed by atoms with Gasteiger partial charge in [-0.3, -0.25) is 9.36 Å². The van der Waals surface area contributed by atoms with Gasteiger partial charge in [0.1, 0.15) is 0 Å². The second kappa shape index (κ2) is 7.39. The number of esters is 1. The molecule has 0 N–H and O–H groups in total. The number of hydrogen-bond donors (Lipinski definition) is 0. The van der Waals surface area contributed by atoms with Crippen LogP contribution >= 0.6 is 0 Å². The number of rotatable bonds is 6. The molecule has 26 heavy (non-hydrogen) atoms. The fourth-order valence-corrected chi connectivity index (χ4v) is 2.64. The molecule has 0 bridgehead atoms. The van der Waals surface area contributed by atoms with E-state index in [1.54, 1.807) is 42.5 Å². The van der Waals surface area contributed by atoms with Crippen molar-refractivity contribution >= 4 is 22.9 Å². The van der Waals surface area contributed by atoms with Gasteiger partial charge in [0.25, 0.3) is 0 Å². The number of aromatic nitrogens is 1. The zero-order chi connectivity index (χ0) is 18.7. The third kappa shape index (κ3) is 3.59. The topological polar surface area (TPSA) is 78.5 Å². The number of benzene rings is 2. The molecular weight excluding hydrogens is 334 g/mol. The summed E-state index contributed by atoms with van der Waals surface area (Å²) in [7, 11) is 0. The fraction of sp³-hybridized carbons (Fsp3) is 0.250. The summed E-state index contributed by atoms with van der Waals surface area (Å²) in [6.07, 6.45) is 0.769. The van der Waals surface area contributed by atoms with Gasteiger partial charge in [-0.25, -0.2) is 9.59 Å². The molecule has 0 aliphatic heterocycles. The zero-order valence-electron chi connectivity index (χ0n) is 14.7. The fourth-order valence-electron chi connectivity index (χ4n) is 2.64. The Bertz CT molecular complexity index is 1010. The highest BCUT2D eigenvalue weighted by Gasteiger charge is 2.12. The van der Waals surface area contributed by atoms with E-state index in [9.17, 15) is 14.4 Å². The smallest absolute Gasteiger partial charge is 0.420 e. The molecule has 0 spiro atoms.